The zero-order valence-electron chi connectivity index (χ0n) is 11.2. The van der Waals surface area contributed by atoms with E-state index in [4.69, 9.17) is 5.73 Å². The van der Waals surface area contributed by atoms with Crippen LogP contribution in [0.5, 0.6) is 0 Å². The summed E-state index contributed by atoms with van der Waals surface area (Å²) in [4.78, 5) is 12.0. The molecule has 0 fully saturated rings. The van der Waals surface area contributed by atoms with Crippen LogP contribution in [0.3, 0.4) is 0 Å². The number of hydrogen-bond acceptors (Lipinski definition) is 4. The number of carbonyl (C=O) groups is 1. The van der Waals surface area contributed by atoms with E-state index < -0.39 is 30.2 Å². The Labute approximate surface area is 118 Å². The maximum absolute atomic E-state index is 13.3. The third kappa shape index (κ3) is 4.40. The monoisotopic (exact) mass is 309 g/mol. The highest BCUT2D eigenvalue weighted by atomic mass is 19.4. The molecule has 0 aliphatic rings. The topological polar surface area (TPSA) is 61.5 Å². The van der Waals surface area contributed by atoms with E-state index in [-0.39, 0.29) is 18.5 Å². The first kappa shape index (κ1) is 17.4. The molecule has 4 nitrogen and oxygen atoms in total. The fourth-order valence-electron chi connectivity index (χ4n) is 1.99. The van der Waals surface area contributed by atoms with Gasteiger partial charge in [-0.05, 0) is 24.1 Å². The molecule has 0 aliphatic carbocycles. The molecule has 0 amide bonds. The number of esters is 1. The standard InChI is InChI=1S/C13H15F4NO3/c1-20-11(19)12(8-18,5-6-21-13(15,16)17)9-3-2-4-10(14)7-9/h2-4,7H,5-6,8,18H2,1H3. The molecule has 0 bridgehead atoms. The van der Waals surface area contributed by atoms with Crippen LogP contribution in [0.25, 0.3) is 0 Å². The summed E-state index contributed by atoms with van der Waals surface area (Å²) < 4.78 is 57.8. The predicted molar refractivity (Wildman–Crippen MR) is 65.8 cm³/mol. The van der Waals surface area contributed by atoms with E-state index in [1.54, 1.807) is 0 Å². The molecule has 0 spiro atoms. The van der Waals surface area contributed by atoms with Gasteiger partial charge in [0.05, 0.1) is 13.7 Å². The lowest BCUT2D eigenvalue weighted by Gasteiger charge is -2.30. The van der Waals surface area contributed by atoms with Gasteiger partial charge in [-0.15, -0.1) is 13.2 Å². The summed E-state index contributed by atoms with van der Waals surface area (Å²) in [6.45, 7) is -1.14. The summed E-state index contributed by atoms with van der Waals surface area (Å²) in [5, 5.41) is 0. The number of benzene rings is 1. The van der Waals surface area contributed by atoms with E-state index in [0.717, 1.165) is 19.2 Å². The van der Waals surface area contributed by atoms with Crippen LogP contribution in [0, 0.1) is 5.82 Å². The molecule has 2 N–H and O–H groups in total. The molecular formula is C13H15F4NO3. The van der Waals surface area contributed by atoms with Crippen molar-refractivity contribution in [3.05, 3.63) is 35.6 Å². The summed E-state index contributed by atoms with van der Waals surface area (Å²) in [6, 6.07) is 4.93. The first-order chi connectivity index (χ1) is 9.75. The van der Waals surface area contributed by atoms with Gasteiger partial charge >= 0.3 is 12.3 Å². The van der Waals surface area contributed by atoms with Crippen LogP contribution in [-0.4, -0.2) is 32.6 Å². The van der Waals surface area contributed by atoms with Crippen molar-refractivity contribution in [2.45, 2.75) is 18.2 Å². The van der Waals surface area contributed by atoms with Crippen molar-refractivity contribution in [1.29, 1.82) is 0 Å². The smallest absolute Gasteiger partial charge is 0.468 e. The Morgan fingerprint density at radius 1 is 1.33 bits per heavy atom. The Morgan fingerprint density at radius 2 is 2.00 bits per heavy atom. The van der Waals surface area contributed by atoms with Gasteiger partial charge in [0.1, 0.15) is 11.2 Å². The van der Waals surface area contributed by atoms with Gasteiger partial charge < -0.3 is 10.5 Å². The fraction of sp³-hybridized carbons (Fsp3) is 0.462. The number of nitrogens with two attached hydrogens (primary N) is 1. The van der Waals surface area contributed by atoms with Crippen LogP contribution in [-0.2, 0) is 19.7 Å². The van der Waals surface area contributed by atoms with Crippen LogP contribution in [0.1, 0.15) is 12.0 Å². The minimum atomic E-state index is -4.82. The Morgan fingerprint density at radius 3 is 2.48 bits per heavy atom. The zero-order valence-corrected chi connectivity index (χ0v) is 11.2. The Bertz CT molecular complexity index is 493. The van der Waals surface area contributed by atoms with Crippen LogP contribution >= 0.6 is 0 Å². The van der Waals surface area contributed by atoms with Gasteiger partial charge in [-0.1, -0.05) is 12.1 Å². The fourth-order valence-corrected chi connectivity index (χ4v) is 1.99. The zero-order chi connectivity index (χ0) is 16.1. The van der Waals surface area contributed by atoms with Crippen molar-refractivity contribution in [2.75, 3.05) is 20.3 Å². The van der Waals surface area contributed by atoms with E-state index in [1.807, 2.05) is 0 Å². The Kier molecular flexibility index (Phi) is 5.68. The number of halogens is 4. The van der Waals surface area contributed by atoms with Gasteiger partial charge in [0.15, 0.2) is 0 Å². The first-order valence-corrected chi connectivity index (χ1v) is 6.00. The largest absolute Gasteiger partial charge is 0.522 e. The molecule has 0 saturated heterocycles. The molecular weight excluding hydrogens is 294 g/mol. The van der Waals surface area contributed by atoms with Crippen molar-refractivity contribution in [1.82, 2.24) is 0 Å². The van der Waals surface area contributed by atoms with Crippen LogP contribution in [0.15, 0.2) is 24.3 Å². The van der Waals surface area contributed by atoms with Crippen LogP contribution in [0.2, 0.25) is 0 Å². The van der Waals surface area contributed by atoms with E-state index >= 15 is 0 Å². The number of carbonyl (C=O) groups excluding carboxylic acids is 1. The van der Waals surface area contributed by atoms with Gasteiger partial charge in [-0.25, -0.2) is 4.39 Å². The molecule has 1 unspecified atom stereocenters. The highest BCUT2D eigenvalue weighted by Crippen LogP contribution is 2.30. The minimum Gasteiger partial charge on any atom is -0.468 e. The number of hydrogen-bond donors (Lipinski definition) is 1. The minimum absolute atomic E-state index is 0.141. The van der Waals surface area contributed by atoms with Crippen LogP contribution in [0.4, 0.5) is 17.6 Å². The second kappa shape index (κ2) is 6.86. The second-order valence-electron chi connectivity index (χ2n) is 4.33. The van der Waals surface area contributed by atoms with Crippen molar-refractivity contribution < 1.29 is 31.8 Å². The molecule has 1 aromatic carbocycles. The lowest BCUT2D eigenvalue weighted by Crippen LogP contribution is -2.45. The molecule has 0 radical (unpaired) electrons. The molecule has 1 aromatic rings. The molecule has 8 heteroatoms. The van der Waals surface area contributed by atoms with Gasteiger partial charge in [0, 0.05) is 6.54 Å². The van der Waals surface area contributed by atoms with Gasteiger partial charge in [-0.3, -0.25) is 9.53 Å². The molecule has 21 heavy (non-hydrogen) atoms. The number of rotatable bonds is 6. The highest BCUT2D eigenvalue weighted by Gasteiger charge is 2.41. The molecule has 118 valence electrons. The normalized spacial score (nSPS) is 14.6. The summed E-state index contributed by atoms with van der Waals surface area (Å²) in [6.07, 6.45) is -5.21. The average molecular weight is 309 g/mol. The summed E-state index contributed by atoms with van der Waals surface area (Å²) >= 11 is 0. The summed E-state index contributed by atoms with van der Waals surface area (Å²) in [5.74, 6) is -1.48. The SMILES string of the molecule is COC(=O)C(CN)(CCOC(F)(F)F)c1cccc(F)c1. The average Bonchev–Trinajstić information content (AvgIpc) is 2.42. The van der Waals surface area contributed by atoms with Crippen molar-refractivity contribution in [3.63, 3.8) is 0 Å². The lowest BCUT2D eigenvalue weighted by atomic mass is 9.77. The maximum Gasteiger partial charge on any atom is 0.522 e. The van der Waals surface area contributed by atoms with E-state index in [2.05, 4.69) is 9.47 Å². The number of ether oxygens (including phenoxy) is 2. The van der Waals surface area contributed by atoms with Gasteiger partial charge in [0.25, 0.3) is 0 Å². The van der Waals surface area contributed by atoms with Gasteiger partial charge in [-0.2, -0.15) is 0 Å². The predicted octanol–water partition coefficient (Wildman–Crippen LogP) is 2.12. The summed E-state index contributed by atoms with van der Waals surface area (Å²) in [5.41, 5.74) is 4.10. The van der Waals surface area contributed by atoms with Crippen molar-refractivity contribution in [3.8, 4) is 0 Å². The maximum atomic E-state index is 13.3. The molecule has 0 aromatic heterocycles. The highest BCUT2D eigenvalue weighted by molar-refractivity contribution is 5.83. The Hall–Kier alpha value is -1.67. The van der Waals surface area contributed by atoms with E-state index in [0.29, 0.717) is 0 Å². The summed E-state index contributed by atoms with van der Waals surface area (Å²) in [7, 11) is 1.08. The van der Waals surface area contributed by atoms with Crippen molar-refractivity contribution in [2.24, 2.45) is 5.73 Å². The molecule has 0 aliphatic heterocycles. The molecule has 0 saturated carbocycles. The lowest BCUT2D eigenvalue weighted by molar-refractivity contribution is -0.325. The van der Waals surface area contributed by atoms with E-state index in [9.17, 15) is 22.4 Å². The van der Waals surface area contributed by atoms with Crippen molar-refractivity contribution >= 4 is 5.97 Å². The third-order valence-corrected chi connectivity index (χ3v) is 3.10. The van der Waals surface area contributed by atoms with Gasteiger partial charge in [0.2, 0.25) is 0 Å². The first-order valence-electron chi connectivity index (χ1n) is 6.00. The quantitative estimate of drug-likeness (QED) is 0.646. The van der Waals surface area contributed by atoms with Crippen LogP contribution < -0.4 is 5.73 Å². The third-order valence-electron chi connectivity index (χ3n) is 3.10. The Balaban J connectivity index is 3.08. The molecule has 0 heterocycles. The number of alkyl halides is 3. The van der Waals surface area contributed by atoms with E-state index in [1.165, 1.54) is 12.1 Å². The molecule has 1 atom stereocenters. The second-order valence-corrected chi connectivity index (χ2v) is 4.33. The molecule has 1 rings (SSSR count). The number of methoxy groups -OCH3 is 1.